The van der Waals surface area contributed by atoms with Crippen LogP contribution in [0.2, 0.25) is 0 Å². The van der Waals surface area contributed by atoms with E-state index in [1.165, 1.54) is 6.20 Å². The molecular formula is C21H28N4O3. The van der Waals surface area contributed by atoms with Gasteiger partial charge in [0.25, 0.3) is 0 Å². The molecule has 0 aliphatic heterocycles. The Kier molecular flexibility index (Phi) is 4.65. The predicted octanol–water partition coefficient (Wildman–Crippen LogP) is 3.10. The summed E-state index contributed by atoms with van der Waals surface area (Å²) in [7, 11) is 1.61. The molecule has 5 atom stereocenters. The van der Waals surface area contributed by atoms with Crippen molar-refractivity contribution in [2.24, 2.45) is 17.8 Å². The van der Waals surface area contributed by atoms with E-state index in [0.29, 0.717) is 35.7 Å². The van der Waals surface area contributed by atoms with Crippen LogP contribution in [0.25, 0.3) is 11.0 Å². The lowest BCUT2D eigenvalue weighted by atomic mass is 9.60. The minimum Gasteiger partial charge on any atom is -0.390 e. The zero-order valence-electron chi connectivity index (χ0n) is 16.6. The molecule has 2 aromatic heterocycles. The number of pyridine rings is 1. The van der Waals surface area contributed by atoms with Gasteiger partial charge in [0.2, 0.25) is 0 Å². The van der Waals surface area contributed by atoms with Gasteiger partial charge in [-0.3, -0.25) is 9.69 Å². The standard InChI is InChI=1S/C21H28N4O3/c1-12-6-14-9-21(28,7-12)8-13(2)17(14)25(20(27)22-3)18-15(11-26)10-24-19-16(18)4-5-23-19/h4-5,10-14,17,28H,6-9H2,1-3H3,(H,22,27)(H,23,24). The summed E-state index contributed by atoms with van der Waals surface area (Å²) in [6.45, 7) is 4.27. The smallest absolute Gasteiger partial charge is 0.321 e. The number of anilines is 1. The third-order valence-corrected chi connectivity index (χ3v) is 6.53. The van der Waals surface area contributed by atoms with E-state index in [-0.39, 0.29) is 23.9 Å². The van der Waals surface area contributed by atoms with Gasteiger partial charge >= 0.3 is 6.03 Å². The number of aromatic nitrogens is 2. The molecule has 0 spiro atoms. The summed E-state index contributed by atoms with van der Waals surface area (Å²) in [6.07, 6.45) is 7.17. The van der Waals surface area contributed by atoms with Gasteiger partial charge in [-0.15, -0.1) is 0 Å². The summed E-state index contributed by atoms with van der Waals surface area (Å²) in [5, 5.41) is 14.6. The molecule has 2 aliphatic carbocycles. The van der Waals surface area contributed by atoms with Gasteiger partial charge in [0.05, 0.1) is 16.9 Å². The molecule has 0 aromatic carbocycles. The number of hydrogen-bond donors (Lipinski definition) is 3. The number of fused-ring (bicyclic) bond motifs is 3. The van der Waals surface area contributed by atoms with E-state index in [1.54, 1.807) is 18.1 Å². The minimum absolute atomic E-state index is 0.0952. The highest BCUT2D eigenvalue weighted by atomic mass is 16.3. The van der Waals surface area contributed by atoms with Crippen molar-refractivity contribution in [3.05, 3.63) is 24.0 Å². The maximum atomic E-state index is 13.1. The molecule has 2 bridgehead atoms. The van der Waals surface area contributed by atoms with Gasteiger partial charge in [-0.25, -0.2) is 9.78 Å². The fourth-order valence-electron chi connectivity index (χ4n) is 5.85. The van der Waals surface area contributed by atoms with Gasteiger partial charge in [0, 0.05) is 30.9 Å². The first-order valence-corrected chi connectivity index (χ1v) is 10.0. The summed E-state index contributed by atoms with van der Waals surface area (Å²) in [5.74, 6) is 0.687. The van der Waals surface area contributed by atoms with Crippen LogP contribution < -0.4 is 10.2 Å². The zero-order valence-corrected chi connectivity index (χ0v) is 16.6. The molecule has 0 saturated heterocycles. The van der Waals surface area contributed by atoms with Crippen LogP contribution >= 0.6 is 0 Å². The van der Waals surface area contributed by atoms with E-state index in [9.17, 15) is 14.7 Å². The molecule has 4 rings (SSSR count). The van der Waals surface area contributed by atoms with Gasteiger partial charge in [0.1, 0.15) is 5.65 Å². The molecule has 2 heterocycles. The monoisotopic (exact) mass is 384 g/mol. The molecule has 7 nitrogen and oxygen atoms in total. The molecule has 0 radical (unpaired) electrons. The number of urea groups is 1. The van der Waals surface area contributed by atoms with Crippen LogP contribution in [0.3, 0.4) is 0 Å². The van der Waals surface area contributed by atoms with Crippen LogP contribution in [0.15, 0.2) is 18.5 Å². The Hall–Kier alpha value is -2.41. The van der Waals surface area contributed by atoms with E-state index >= 15 is 0 Å². The lowest BCUT2D eigenvalue weighted by Gasteiger charge is -2.53. The number of aldehydes is 1. The molecule has 150 valence electrons. The second kappa shape index (κ2) is 6.88. The van der Waals surface area contributed by atoms with Crippen molar-refractivity contribution in [2.45, 2.75) is 51.2 Å². The maximum Gasteiger partial charge on any atom is 0.321 e. The molecule has 3 N–H and O–H groups in total. The molecule has 28 heavy (non-hydrogen) atoms. The quantitative estimate of drug-likeness (QED) is 0.708. The zero-order chi connectivity index (χ0) is 20.1. The molecule has 7 heteroatoms. The third-order valence-electron chi connectivity index (χ3n) is 6.53. The molecular weight excluding hydrogens is 356 g/mol. The number of carbonyl (C=O) groups is 2. The topological polar surface area (TPSA) is 98.3 Å². The first kappa shape index (κ1) is 18.9. The second-order valence-electron chi connectivity index (χ2n) is 8.75. The molecule has 5 unspecified atom stereocenters. The van der Waals surface area contributed by atoms with Crippen LogP contribution in [0.5, 0.6) is 0 Å². The average molecular weight is 384 g/mol. The number of aromatic amines is 1. The predicted molar refractivity (Wildman–Crippen MR) is 107 cm³/mol. The summed E-state index contributed by atoms with van der Waals surface area (Å²) < 4.78 is 0. The largest absolute Gasteiger partial charge is 0.390 e. The molecule has 2 aromatic rings. The van der Waals surface area contributed by atoms with Crippen molar-refractivity contribution in [1.82, 2.24) is 15.3 Å². The number of H-pyrrole nitrogens is 1. The van der Waals surface area contributed by atoms with Crippen molar-refractivity contribution >= 4 is 29.0 Å². The highest BCUT2D eigenvalue weighted by molar-refractivity contribution is 6.07. The summed E-state index contributed by atoms with van der Waals surface area (Å²) in [6, 6.07) is 1.52. The van der Waals surface area contributed by atoms with Gasteiger partial charge in [0.15, 0.2) is 6.29 Å². The SMILES string of the molecule is CNC(=O)N(c1c(C=O)cnc2[nH]ccc12)C1C(C)CC2(O)CC(C)CC1C2. The minimum atomic E-state index is -0.651. The summed E-state index contributed by atoms with van der Waals surface area (Å²) in [5.41, 5.74) is 0.988. The van der Waals surface area contributed by atoms with Crippen molar-refractivity contribution < 1.29 is 14.7 Å². The van der Waals surface area contributed by atoms with Crippen molar-refractivity contribution in [3.8, 4) is 0 Å². The van der Waals surface area contributed by atoms with E-state index in [0.717, 1.165) is 24.5 Å². The highest BCUT2D eigenvalue weighted by Gasteiger charge is 2.51. The van der Waals surface area contributed by atoms with E-state index in [4.69, 9.17) is 0 Å². The van der Waals surface area contributed by atoms with Gasteiger partial charge in [-0.2, -0.15) is 0 Å². The Morgan fingerprint density at radius 3 is 2.89 bits per heavy atom. The van der Waals surface area contributed by atoms with Crippen LogP contribution in [0, 0.1) is 17.8 Å². The fourth-order valence-corrected chi connectivity index (χ4v) is 5.85. The number of hydrogen-bond acceptors (Lipinski definition) is 4. The number of nitrogens with one attached hydrogen (secondary N) is 2. The fraction of sp³-hybridized carbons (Fsp3) is 0.571. The first-order chi connectivity index (χ1) is 13.4. The van der Waals surface area contributed by atoms with Crippen molar-refractivity contribution in [1.29, 1.82) is 0 Å². The van der Waals surface area contributed by atoms with Gasteiger partial charge in [-0.05, 0) is 49.5 Å². The third kappa shape index (κ3) is 2.98. The van der Waals surface area contributed by atoms with Crippen molar-refractivity contribution in [2.75, 3.05) is 11.9 Å². The summed E-state index contributed by atoms with van der Waals surface area (Å²) >= 11 is 0. The average Bonchev–Trinajstić information content (AvgIpc) is 3.11. The first-order valence-electron chi connectivity index (χ1n) is 10.0. The number of nitrogens with zero attached hydrogens (tertiary/aromatic N) is 2. The van der Waals surface area contributed by atoms with Crippen LogP contribution in [0.4, 0.5) is 10.5 Å². The normalized spacial score (nSPS) is 32.1. The van der Waals surface area contributed by atoms with Crippen LogP contribution in [-0.4, -0.2) is 46.1 Å². The number of aliphatic hydroxyl groups is 1. The number of amides is 2. The number of rotatable bonds is 3. The number of carbonyl (C=O) groups excluding carboxylic acids is 2. The van der Waals surface area contributed by atoms with Gasteiger partial charge in [-0.1, -0.05) is 13.8 Å². The molecule has 2 saturated carbocycles. The highest BCUT2D eigenvalue weighted by Crippen LogP contribution is 2.50. The Balaban J connectivity index is 1.87. The van der Waals surface area contributed by atoms with E-state index in [2.05, 4.69) is 29.1 Å². The van der Waals surface area contributed by atoms with E-state index < -0.39 is 5.60 Å². The molecule has 2 fully saturated rings. The van der Waals surface area contributed by atoms with Crippen LogP contribution in [0.1, 0.15) is 49.9 Å². The maximum absolute atomic E-state index is 13.1. The molecule has 2 aliphatic rings. The Bertz CT molecular complexity index is 906. The van der Waals surface area contributed by atoms with Crippen LogP contribution in [-0.2, 0) is 0 Å². The lowest BCUT2D eigenvalue weighted by Crippen LogP contribution is -2.59. The lowest BCUT2D eigenvalue weighted by molar-refractivity contribution is -0.0875. The Morgan fingerprint density at radius 2 is 2.18 bits per heavy atom. The Labute approximate surface area is 164 Å². The van der Waals surface area contributed by atoms with E-state index in [1.807, 2.05) is 6.07 Å². The molecule has 2 amide bonds. The Morgan fingerprint density at radius 1 is 1.39 bits per heavy atom. The summed E-state index contributed by atoms with van der Waals surface area (Å²) in [4.78, 5) is 34.1. The second-order valence-corrected chi connectivity index (χ2v) is 8.75. The van der Waals surface area contributed by atoms with Gasteiger partial charge < -0.3 is 15.4 Å². The van der Waals surface area contributed by atoms with Crippen molar-refractivity contribution in [3.63, 3.8) is 0 Å².